The van der Waals surface area contributed by atoms with E-state index in [0.29, 0.717) is 16.6 Å². The highest BCUT2D eigenvalue weighted by Gasteiger charge is 2.23. The minimum atomic E-state index is -0.300. The lowest BCUT2D eigenvalue weighted by Gasteiger charge is -2.24. The number of imide groups is 1. The van der Waals surface area contributed by atoms with Gasteiger partial charge in [-0.1, -0.05) is 16.1 Å². The second-order valence-electron chi connectivity index (χ2n) is 3.11. The maximum absolute atomic E-state index is 11.1. The molecule has 1 saturated heterocycles. The number of aromatic nitrogens is 2. The largest absolute Gasteiger partial charge is 0.294 e. The molecule has 80 valence electrons. The number of amides is 2. The molecule has 15 heavy (non-hydrogen) atoms. The van der Waals surface area contributed by atoms with E-state index in [1.165, 1.54) is 0 Å². The van der Waals surface area contributed by atoms with Gasteiger partial charge in [-0.2, -0.15) is 0 Å². The Kier molecular flexibility index (Phi) is 2.94. The Balaban J connectivity index is 2.03. The van der Waals surface area contributed by atoms with Gasteiger partial charge < -0.3 is 0 Å². The monoisotopic (exact) mass is 246 g/mol. The Morgan fingerprint density at radius 3 is 2.60 bits per heavy atom. The molecule has 0 spiro atoms. The molecule has 0 radical (unpaired) electrons. The van der Waals surface area contributed by atoms with Gasteiger partial charge in [0.1, 0.15) is 10.0 Å². The predicted molar refractivity (Wildman–Crippen MR) is 53.3 cm³/mol. The fraction of sp³-hybridized carbons (Fsp3) is 0.429. The average molecular weight is 247 g/mol. The third-order valence-electron chi connectivity index (χ3n) is 1.90. The SMILES string of the molecule is O=C1CN(Cc2nnsc2Cl)CC(=O)N1. The first-order chi connectivity index (χ1) is 7.15. The molecular formula is C7H7ClN4O2S. The summed E-state index contributed by atoms with van der Waals surface area (Å²) < 4.78 is 4.17. The number of carbonyl (C=O) groups is 2. The molecule has 2 heterocycles. The highest BCUT2D eigenvalue weighted by molar-refractivity contribution is 7.10. The van der Waals surface area contributed by atoms with Crippen LogP contribution in [0, 0.1) is 0 Å². The highest BCUT2D eigenvalue weighted by Crippen LogP contribution is 2.18. The first-order valence-electron chi connectivity index (χ1n) is 4.17. The van der Waals surface area contributed by atoms with Gasteiger partial charge in [0.05, 0.1) is 13.1 Å². The summed E-state index contributed by atoms with van der Waals surface area (Å²) >= 11 is 6.90. The standard InChI is InChI=1S/C7H7ClN4O2S/c8-7-4(10-11-15-7)1-12-2-5(13)9-6(14)3-12/h1-3H2,(H,9,13,14). The summed E-state index contributed by atoms with van der Waals surface area (Å²) in [5.41, 5.74) is 0.601. The van der Waals surface area contributed by atoms with Crippen LogP contribution < -0.4 is 5.32 Å². The summed E-state index contributed by atoms with van der Waals surface area (Å²) in [6.07, 6.45) is 0. The number of piperazine rings is 1. The topological polar surface area (TPSA) is 75.2 Å². The van der Waals surface area contributed by atoms with Crippen molar-refractivity contribution < 1.29 is 9.59 Å². The maximum atomic E-state index is 11.1. The predicted octanol–water partition coefficient (Wildman–Crippen LogP) is -0.350. The fourth-order valence-electron chi connectivity index (χ4n) is 1.31. The van der Waals surface area contributed by atoms with Crippen LogP contribution in [-0.2, 0) is 16.1 Å². The first-order valence-corrected chi connectivity index (χ1v) is 5.32. The molecule has 1 aromatic heterocycles. The van der Waals surface area contributed by atoms with E-state index in [-0.39, 0.29) is 24.9 Å². The number of nitrogens with zero attached hydrogens (tertiary/aromatic N) is 3. The quantitative estimate of drug-likeness (QED) is 0.722. The fourth-order valence-corrected chi connectivity index (χ4v) is 1.92. The molecule has 2 amide bonds. The van der Waals surface area contributed by atoms with Crippen molar-refractivity contribution in [2.45, 2.75) is 6.54 Å². The second kappa shape index (κ2) is 4.21. The van der Waals surface area contributed by atoms with E-state index in [2.05, 4.69) is 14.9 Å². The van der Waals surface area contributed by atoms with Gasteiger partial charge in [0.2, 0.25) is 11.8 Å². The van der Waals surface area contributed by atoms with Crippen LogP contribution in [0.2, 0.25) is 4.34 Å². The molecule has 0 atom stereocenters. The number of halogens is 1. The number of rotatable bonds is 2. The molecule has 1 aliphatic heterocycles. The summed E-state index contributed by atoms with van der Waals surface area (Å²) in [5, 5.41) is 6.03. The smallest absolute Gasteiger partial charge is 0.240 e. The minimum absolute atomic E-state index is 0.180. The summed E-state index contributed by atoms with van der Waals surface area (Å²) in [5.74, 6) is -0.601. The molecule has 0 bridgehead atoms. The molecule has 1 N–H and O–H groups in total. The number of nitrogens with one attached hydrogen (secondary N) is 1. The number of hydrogen-bond donors (Lipinski definition) is 1. The van der Waals surface area contributed by atoms with Crippen LogP contribution >= 0.6 is 23.1 Å². The van der Waals surface area contributed by atoms with Crippen molar-refractivity contribution in [1.82, 2.24) is 19.8 Å². The van der Waals surface area contributed by atoms with Crippen LogP contribution in [0.5, 0.6) is 0 Å². The Bertz CT molecular complexity index is 391. The van der Waals surface area contributed by atoms with E-state index in [1.807, 2.05) is 0 Å². The number of carbonyl (C=O) groups excluding carboxylic acids is 2. The average Bonchev–Trinajstić information content (AvgIpc) is 2.50. The molecule has 0 aromatic carbocycles. The van der Waals surface area contributed by atoms with Crippen molar-refractivity contribution in [3.8, 4) is 0 Å². The van der Waals surface area contributed by atoms with Gasteiger partial charge in [-0.05, 0) is 0 Å². The van der Waals surface area contributed by atoms with Crippen LogP contribution in [0.4, 0.5) is 0 Å². The van der Waals surface area contributed by atoms with Crippen molar-refractivity contribution >= 4 is 34.9 Å². The van der Waals surface area contributed by atoms with E-state index in [0.717, 1.165) is 11.5 Å². The minimum Gasteiger partial charge on any atom is -0.294 e. The molecule has 1 fully saturated rings. The van der Waals surface area contributed by atoms with E-state index >= 15 is 0 Å². The van der Waals surface area contributed by atoms with Crippen molar-refractivity contribution in [1.29, 1.82) is 0 Å². The van der Waals surface area contributed by atoms with E-state index in [9.17, 15) is 9.59 Å². The van der Waals surface area contributed by atoms with Crippen LogP contribution in [0.25, 0.3) is 0 Å². The molecule has 6 nitrogen and oxygen atoms in total. The summed E-state index contributed by atoms with van der Waals surface area (Å²) in [4.78, 5) is 23.8. The number of hydrogen-bond acceptors (Lipinski definition) is 6. The van der Waals surface area contributed by atoms with Gasteiger partial charge in [-0.3, -0.25) is 19.8 Å². The zero-order valence-electron chi connectivity index (χ0n) is 7.57. The van der Waals surface area contributed by atoms with E-state index < -0.39 is 0 Å². The molecule has 8 heteroatoms. The lowest BCUT2D eigenvalue weighted by atomic mass is 10.3. The van der Waals surface area contributed by atoms with Gasteiger partial charge >= 0.3 is 0 Å². The Morgan fingerprint density at radius 1 is 1.40 bits per heavy atom. The van der Waals surface area contributed by atoms with Gasteiger partial charge in [0.15, 0.2) is 0 Å². The summed E-state index contributed by atoms with van der Waals surface area (Å²) in [7, 11) is 0. The van der Waals surface area contributed by atoms with Crippen molar-refractivity contribution in [2.75, 3.05) is 13.1 Å². The molecule has 0 saturated carbocycles. The van der Waals surface area contributed by atoms with Crippen LogP contribution in [0.15, 0.2) is 0 Å². The molecule has 0 aliphatic carbocycles. The molecular weight excluding hydrogens is 240 g/mol. The Hall–Kier alpha value is -1.05. The van der Waals surface area contributed by atoms with Gasteiger partial charge in [-0.25, -0.2) is 0 Å². The lowest BCUT2D eigenvalue weighted by Crippen LogP contribution is -2.50. The lowest BCUT2D eigenvalue weighted by molar-refractivity contribution is -0.136. The van der Waals surface area contributed by atoms with Crippen LogP contribution in [0.3, 0.4) is 0 Å². The summed E-state index contributed by atoms with van der Waals surface area (Å²) in [6, 6.07) is 0. The van der Waals surface area contributed by atoms with Crippen LogP contribution in [0.1, 0.15) is 5.69 Å². The molecule has 2 rings (SSSR count). The van der Waals surface area contributed by atoms with Crippen LogP contribution in [-0.4, -0.2) is 39.4 Å². The van der Waals surface area contributed by atoms with E-state index in [1.54, 1.807) is 4.90 Å². The maximum Gasteiger partial charge on any atom is 0.240 e. The summed E-state index contributed by atoms with van der Waals surface area (Å²) in [6.45, 7) is 0.730. The highest BCUT2D eigenvalue weighted by atomic mass is 35.5. The van der Waals surface area contributed by atoms with E-state index in [4.69, 9.17) is 11.6 Å². The third kappa shape index (κ3) is 2.49. The Morgan fingerprint density at radius 2 is 2.07 bits per heavy atom. The van der Waals surface area contributed by atoms with Crippen molar-refractivity contribution in [3.63, 3.8) is 0 Å². The zero-order valence-corrected chi connectivity index (χ0v) is 9.14. The normalized spacial score (nSPS) is 17.9. The van der Waals surface area contributed by atoms with Crippen molar-refractivity contribution in [2.24, 2.45) is 0 Å². The van der Waals surface area contributed by atoms with Gasteiger partial charge in [0, 0.05) is 18.1 Å². The zero-order chi connectivity index (χ0) is 10.8. The Labute approximate surface area is 94.4 Å². The first kappa shape index (κ1) is 10.5. The third-order valence-corrected chi connectivity index (χ3v) is 2.88. The second-order valence-corrected chi connectivity index (χ2v) is 4.47. The molecule has 1 aliphatic rings. The molecule has 0 unspecified atom stereocenters. The molecule has 1 aromatic rings. The van der Waals surface area contributed by atoms with Crippen molar-refractivity contribution in [3.05, 3.63) is 10.0 Å². The van der Waals surface area contributed by atoms with Gasteiger partial charge in [-0.15, -0.1) is 5.10 Å². The van der Waals surface area contributed by atoms with Gasteiger partial charge in [0.25, 0.3) is 0 Å².